The Kier molecular flexibility index (Phi) is 9.43. The Morgan fingerprint density at radius 3 is 2.31 bits per heavy atom. The van der Waals surface area contributed by atoms with Crippen LogP contribution in [-0.4, -0.2) is 72.2 Å². The first kappa shape index (κ1) is 21.7. The van der Waals surface area contributed by atoms with Crippen LogP contribution in [0.25, 0.3) is 0 Å². The van der Waals surface area contributed by atoms with E-state index in [0.29, 0.717) is 0 Å². The minimum Gasteiger partial charge on any atom is -0.363 e. The zero-order chi connectivity index (χ0) is 18.9. The summed E-state index contributed by atoms with van der Waals surface area (Å²) >= 11 is 18.1. The molecule has 1 aliphatic heterocycles. The molecule has 0 radical (unpaired) electrons. The van der Waals surface area contributed by atoms with E-state index in [1.165, 1.54) is 0 Å². The van der Waals surface area contributed by atoms with Gasteiger partial charge in [-0.05, 0) is 50.4 Å². The molecular formula is C19H30Cl2N4S. The van der Waals surface area contributed by atoms with Crippen molar-refractivity contribution in [3.8, 4) is 0 Å². The lowest BCUT2D eigenvalue weighted by atomic mass is 10.2. The monoisotopic (exact) mass is 416 g/mol. The zero-order valence-corrected chi connectivity index (χ0v) is 18.1. The molecule has 2 rings (SSSR count). The third-order valence-corrected chi connectivity index (χ3v) is 6.04. The fourth-order valence-corrected chi connectivity index (χ4v) is 3.97. The Labute approximate surface area is 173 Å². The molecule has 1 heterocycles. The van der Waals surface area contributed by atoms with Gasteiger partial charge in [-0.3, -0.25) is 4.90 Å². The molecule has 146 valence electrons. The van der Waals surface area contributed by atoms with Crippen LogP contribution in [0.1, 0.15) is 25.8 Å². The molecular weight excluding hydrogens is 387 g/mol. The van der Waals surface area contributed by atoms with Gasteiger partial charge in [0.1, 0.15) is 0 Å². The van der Waals surface area contributed by atoms with Crippen LogP contribution in [0.15, 0.2) is 18.2 Å². The summed E-state index contributed by atoms with van der Waals surface area (Å²) in [4.78, 5) is 7.08. The minimum absolute atomic E-state index is 0.741. The number of piperazine rings is 1. The fraction of sp³-hybridized carbons (Fsp3) is 0.632. The number of thiocarbonyl (C=S) groups is 1. The van der Waals surface area contributed by atoms with Crippen LogP contribution in [0, 0.1) is 0 Å². The first-order valence-electron chi connectivity index (χ1n) is 9.45. The van der Waals surface area contributed by atoms with Gasteiger partial charge in [0.05, 0.1) is 0 Å². The van der Waals surface area contributed by atoms with E-state index in [2.05, 4.69) is 33.9 Å². The van der Waals surface area contributed by atoms with E-state index in [1.54, 1.807) is 0 Å². The molecule has 0 atom stereocenters. The molecule has 0 aromatic heterocycles. The number of halogens is 2. The number of nitrogens with one attached hydrogen (secondary N) is 1. The van der Waals surface area contributed by atoms with Crippen LogP contribution in [0.4, 0.5) is 0 Å². The van der Waals surface area contributed by atoms with Gasteiger partial charge in [0.15, 0.2) is 5.11 Å². The molecule has 1 aliphatic rings. The van der Waals surface area contributed by atoms with E-state index in [-0.39, 0.29) is 0 Å². The van der Waals surface area contributed by atoms with Gasteiger partial charge >= 0.3 is 0 Å². The molecule has 1 saturated heterocycles. The van der Waals surface area contributed by atoms with Crippen molar-refractivity contribution in [3.05, 3.63) is 33.8 Å². The van der Waals surface area contributed by atoms with Gasteiger partial charge in [0, 0.05) is 54.9 Å². The lowest BCUT2D eigenvalue weighted by molar-refractivity contribution is 0.174. The average molecular weight is 417 g/mol. The van der Waals surface area contributed by atoms with E-state index >= 15 is 0 Å². The number of benzene rings is 1. The van der Waals surface area contributed by atoms with E-state index in [0.717, 1.165) is 86.0 Å². The first-order valence-corrected chi connectivity index (χ1v) is 10.6. The van der Waals surface area contributed by atoms with Gasteiger partial charge in [-0.15, -0.1) is 0 Å². The van der Waals surface area contributed by atoms with Crippen molar-refractivity contribution >= 4 is 40.5 Å². The summed E-state index contributed by atoms with van der Waals surface area (Å²) in [6.45, 7) is 13.3. The van der Waals surface area contributed by atoms with E-state index < -0.39 is 0 Å². The van der Waals surface area contributed by atoms with Gasteiger partial charge in [0.25, 0.3) is 0 Å². The van der Waals surface area contributed by atoms with Crippen LogP contribution < -0.4 is 5.32 Å². The highest BCUT2D eigenvalue weighted by Gasteiger charge is 2.20. The summed E-state index contributed by atoms with van der Waals surface area (Å²) in [5, 5.41) is 5.77. The molecule has 4 nitrogen and oxygen atoms in total. The quantitative estimate of drug-likeness (QED) is 0.513. The van der Waals surface area contributed by atoms with E-state index in [4.69, 9.17) is 35.4 Å². The standard InChI is InChI=1S/C19H30Cl2N4S/c1-3-23(4-2)10-6-9-22-19(26)25-13-11-24(12-14-25)15-16-17(20)7-5-8-18(16)21/h5,7-8H,3-4,6,9-15H2,1-2H3,(H,22,26). The van der Waals surface area contributed by atoms with Crippen molar-refractivity contribution in [2.45, 2.75) is 26.8 Å². The van der Waals surface area contributed by atoms with E-state index in [9.17, 15) is 0 Å². The predicted molar refractivity (Wildman–Crippen MR) is 116 cm³/mol. The first-order chi connectivity index (χ1) is 12.5. The van der Waals surface area contributed by atoms with Crippen molar-refractivity contribution in [2.75, 3.05) is 52.4 Å². The van der Waals surface area contributed by atoms with Crippen LogP contribution in [0.3, 0.4) is 0 Å². The molecule has 26 heavy (non-hydrogen) atoms. The van der Waals surface area contributed by atoms with Crippen molar-refractivity contribution in [2.24, 2.45) is 0 Å². The van der Waals surface area contributed by atoms with Crippen LogP contribution >= 0.6 is 35.4 Å². The van der Waals surface area contributed by atoms with Crippen LogP contribution in [0.2, 0.25) is 10.0 Å². The summed E-state index contributed by atoms with van der Waals surface area (Å²) in [5.74, 6) is 0. The van der Waals surface area contributed by atoms with Gasteiger partial charge in [-0.2, -0.15) is 0 Å². The molecule has 0 aliphatic carbocycles. The second kappa shape index (κ2) is 11.3. The maximum atomic E-state index is 6.29. The van der Waals surface area contributed by atoms with Gasteiger partial charge in [0.2, 0.25) is 0 Å². The van der Waals surface area contributed by atoms with Crippen LogP contribution in [0.5, 0.6) is 0 Å². The molecule has 0 bridgehead atoms. The molecule has 1 fully saturated rings. The van der Waals surface area contributed by atoms with Crippen molar-refractivity contribution < 1.29 is 0 Å². The predicted octanol–water partition coefficient (Wildman–Crippen LogP) is 3.72. The molecule has 0 saturated carbocycles. The van der Waals surface area contributed by atoms with Crippen molar-refractivity contribution in [1.82, 2.24) is 20.0 Å². The van der Waals surface area contributed by atoms with Crippen molar-refractivity contribution in [1.29, 1.82) is 0 Å². The number of nitrogens with zero attached hydrogens (tertiary/aromatic N) is 3. The fourth-order valence-electron chi connectivity index (χ4n) is 3.17. The highest BCUT2D eigenvalue weighted by Crippen LogP contribution is 2.26. The average Bonchev–Trinajstić information content (AvgIpc) is 2.65. The highest BCUT2D eigenvalue weighted by molar-refractivity contribution is 7.80. The van der Waals surface area contributed by atoms with Gasteiger partial charge in [-0.1, -0.05) is 43.1 Å². The topological polar surface area (TPSA) is 21.8 Å². The smallest absolute Gasteiger partial charge is 0.169 e. The van der Waals surface area contributed by atoms with Gasteiger partial charge in [-0.25, -0.2) is 0 Å². The third-order valence-electron chi connectivity index (χ3n) is 4.92. The highest BCUT2D eigenvalue weighted by atomic mass is 35.5. The lowest BCUT2D eigenvalue weighted by Crippen LogP contribution is -2.51. The molecule has 0 unspecified atom stereocenters. The number of rotatable bonds is 8. The van der Waals surface area contributed by atoms with Crippen molar-refractivity contribution in [3.63, 3.8) is 0 Å². The lowest BCUT2D eigenvalue weighted by Gasteiger charge is -2.36. The van der Waals surface area contributed by atoms with E-state index in [1.807, 2.05) is 18.2 Å². The summed E-state index contributed by atoms with van der Waals surface area (Å²) in [5.41, 5.74) is 1.02. The molecule has 7 heteroatoms. The molecule has 0 spiro atoms. The zero-order valence-electron chi connectivity index (χ0n) is 15.8. The third kappa shape index (κ3) is 6.54. The number of hydrogen-bond donors (Lipinski definition) is 1. The van der Waals surface area contributed by atoms with Crippen LogP contribution in [-0.2, 0) is 6.54 Å². The maximum Gasteiger partial charge on any atom is 0.169 e. The summed E-state index contributed by atoms with van der Waals surface area (Å²) < 4.78 is 0. The SMILES string of the molecule is CCN(CC)CCCNC(=S)N1CCN(Cc2c(Cl)cccc2Cl)CC1. The number of hydrogen-bond acceptors (Lipinski definition) is 3. The second-order valence-corrected chi connectivity index (χ2v) is 7.78. The maximum absolute atomic E-state index is 6.29. The largest absolute Gasteiger partial charge is 0.363 e. The Hall–Kier alpha value is -0.590. The Balaban J connectivity index is 1.70. The molecule has 1 aromatic rings. The summed E-state index contributed by atoms with van der Waals surface area (Å²) in [7, 11) is 0. The molecule has 1 N–H and O–H groups in total. The van der Waals surface area contributed by atoms with Gasteiger partial charge < -0.3 is 15.1 Å². The normalized spacial score (nSPS) is 15.5. The molecule has 1 aromatic carbocycles. The Morgan fingerprint density at radius 1 is 1.12 bits per heavy atom. The summed E-state index contributed by atoms with van der Waals surface area (Å²) in [6, 6.07) is 5.68. The Bertz CT molecular complexity index is 552. The second-order valence-electron chi connectivity index (χ2n) is 6.58. The summed E-state index contributed by atoms with van der Waals surface area (Å²) in [6.07, 6.45) is 1.12. The Morgan fingerprint density at radius 2 is 1.73 bits per heavy atom. The molecule has 0 amide bonds. The minimum atomic E-state index is 0.741.